The number of hydrogen-bond donors (Lipinski definition) is 2. The molecule has 9 heteroatoms. The van der Waals surface area contributed by atoms with Crippen molar-refractivity contribution >= 4 is 44.5 Å². The van der Waals surface area contributed by atoms with Crippen molar-refractivity contribution in [1.82, 2.24) is 4.90 Å². The van der Waals surface area contributed by atoms with Gasteiger partial charge in [-0.05, 0) is 73.5 Å². The number of likely N-dealkylation sites (tertiary alicyclic amines) is 1. The Hall–Kier alpha value is -3.17. The lowest BCUT2D eigenvalue weighted by Crippen LogP contribution is -2.43. The minimum absolute atomic E-state index is 0.0570. The van der Waals surface area contributed by atoms with Crippen LogP contribution in [0.1, 0.15) is 33.6 Å². The third kappa shape index (κ3) is 5.48. The van der Waals surface area contributed by atoms with Gasteiger partial charge in [-0.25, -0.2) is 8.42 Å². The van der Waals surface area contributed by atoms with Crippen LogP contribution in [0.4, 0.5) is 11.4 Å². The highest BCUT2D eigenvalue weighted by molar-refractivity contribution is 7.92. The zero-order chi connectivity index (χ0) is 24.3. The molecule has 1 saturated heterocycles. The molecule has 1 aliphatic rings. The van der Waals surface area contributed by atoms with Crippen molar-refractivity contribution in [3.05, 3.63) is 76.0 Å². The zero-order valence-corrected chi connectivity index (χ0v) is 20.7. The number of sulfonamides is 1. The van der Waals surface area contributed by atoms with Crippen molar-refractivity contribution in [1.29, 1.82) is 0 Å². The van der Waals surface area contributed by atoms with E-state index < -0.39 is 10.0 Å². The Balaban J connectivity index is 1.47. The summed E-state index contributed by atoms with van der Waals surface area (Å²) in [5, 5.41) is 4.71. The first-order chi connectivity index (χ1) is 16.2. The Morgan fingerprint density at radius 2 is 1.85 bits per heavy atom. The smallest absolute Gasteiger partial charge is 0.263 e. The molecular weight excluding hydrogens is 470 g/mol. The summed E-state index contributed by atoms with van der Waals surface area (Å²) < 4.78 is 28.7. The number of nitrogens with zero attached hydrogens (tertiary/aromatic N) is 1. The molecule has 0 bridgehead atoms. The predicted molar refractivity (Wildman–Crippen MR) is 135 cm³/mol. The second-order valence-corrected chi connectivity index (χ2v) is 11.1. The van der Waals surface area contributed by atoms with Gasteiger partial charge in [-0.15, -0.1) is 11.3 Å². The van der Waals surface area contributed by atoms with Crippen LogP contribution < -0.4 is 10.0 Å². The van der Waals surface area contributed by atoms with Crippen molar-refractivity contribution in [3.8, 4) is 0 Å². The minimum Gasteiger partial charge on any atom is -0.337 e. The van der Waals surface area contributed by atoms with Crippen LogP contribution in [0.3, 0.4) is 0 Å². The first kappa shape index (κ1) is 24.0. The van der Waals surface area contributed by atoms with Gasteiger partial charge in [0, 0.05) is 24.5 Å². The number of aryl methyl sites for hydroxylation is 2. The fraction of sp³-hybridized carbons (Fsp3) is 0.280. The molecule has 1 fully saturated rings. The van der Waals surface area contributed by atoms with Crippen LogP contribution in [0, 0.1) is 19.8 Å². The first-order valence-electron chi connectivity index (χ1n) is 11.1. The number of rotatable bonds is 6. The lowest BCUT2D eigenvalue weighted by atomic mass is 9.97. The Bertz CT molecular complexity index is 1300. The highest BCUT2D eigenvalue weighted by Gasteiger charge is 2.29. The van der Waals surface area contributed by atoms with Crippen LogP contribution in [0.5, 0.6) is 0 Å². The Kier molecular flexibility index (Phi) is 7.04. The fourth-order valence-corrected chi connectivity index (χ4v) is 6.07. The van der Waals surface area contributed by atoms with Crippen LogP contribution in [0.25, 0.3) is 0 Å². The molecule has 1 unspecified atom stereocenters. The molecule has 1 aromatic heterocycles. The number of nitrogens with one attached hydrogen (secondary N) is 2. The Morgan fingerprint density at radius 3 is 2.59 bits per heavy atom. The summed E-state index contributed by atoms with van der Waals surface area (Å²) in [5.74, 6) is -0.634. The van der Waals surface area contributed by atoms with Crippen molar-refractivity contribution in [2.45, 2.75) is 31.6 Å². The number of anilines is 2. The van der Waals surface area contributed by atoms with Gasteiger partial charge in [0.15, 0.2) is 0 Å². The Morgan fingerprint density at radius 1 is 1.03 bits per heavy atom. The van der Waals surface area contributed by atoms with Crippen molar-refractivity contribution < 1.29 is 18.0 Å². The molecular formula is C25H27N3O4S2. The topological polar surface area (TPSA) is 95.6 Å². The quantitative estimate of drug-likeness (QED) is 0.518. The zero-order valence-electron chi connectivity index (χ0n) is 19.1. The second-order valence-electron chi connectivity index (χ2n) is 8.51. The van der Waals surface area contributed by atoms with Gasteiger partial charge in [0.2, 0.25) is 5.91 Å². The van der Waals surface area contributed by atoms with Crippen molar-refractivity contribution in [3.63, 3.8) is 0 Å². The molecule has 7 nitrogen and oxygen atoms in total. The maximum atomic E-state index is 13.0. The van der Waals surface area contributed by atoms with E-state index in [4.69, 9.17) is 0 Å². The van der Waals surface area contributed by atoms with E-state index in [9.17, 15) is 18.0 Å². The molecule has 1 aliphatic heterocycles. The number of carbonyl (C=O) groups is 2. The summed E-state index contributed by atoms with van der Waals surface area (Å²) in [5.41, 5.74) is 2.40. The van der Waals surface area contributed by atoms with E-state index in [1.165, 1.54) is 17.4 Å². The molecule has 0 radical (unpaired) electrons. The van der Waals surface area contributed by atoms with Gasteiger partial charge in [-0.1, -0.05) is 24.3 Å². The molecule has 1 atom stereocenters. The third-order valence-corrected chi connectivity index (χ3v) is 8.21. The SMILES string of the molecule is Cc1cccc(NS(=O)(=O)c2cc(NC(=O)C3CCCN(C(=O)c4cccs4)C3)ccc2C)c1. The van der Waals surface area contributed by atoms with Crippen LogP contribution in [-0.2, 0) is 14.8 Å². The molecule has 4 rings (SSSR count). The maximum Gasteiger partial charge on any atom is 0.263 e. The average molecular weight is 498 g/mol. The molecule has 3 aromatic rings. The van der Waals surface area contributed by atoms with Crippen LogP contribution in [-0.4, -0.2) is 38.2 Å². The monoisotopic (exact) mass is 497 g/mol. The molecule has 34 heavy (non-hydrogen) atoms. The predicted octanol–water partition coefficient (Wildman–Crippen LogP) is 4.66. The molecule has 2 N–H and O–H groups in total. The van der Waals surface area contributed by atoms with Crippen LogP contribution in [0.2, 0.25) is 0 Å². The van der Waals surface area contributed by atoms with Gasteiger partial charge in [0.1, 0.15) is 0 Å². The van der Waals surface area contributed by atoms with Crippen molar-refractivity contribution in [2.24, 2.45) is 5.92 Å². The van der Waals surface area contributed by atoms with E-state index in [2.05, 4.69) is 10.0 Å². The summed E-state index contributed by atoms with van der Waals surface area (Å²) in [4.78, 5) is 28.1. The average Bonchev–Trinajstić information content (AvgIpc) is 3.34. The van der Waals surface area contributed by atoms with E-state index in [0.717, 1.165) is 12.0 Å². The van der Waals surface area contributed by atoms with Gasteiger partial charge < -0.3 is 10.2 Å². The van der Waals surface area contributed by atoms with E-state index in [0.29, 0.717) is 41.3 Å². The number of carbonyl (C=O) groups excluding carboxylic acids is 2. The van der Waals surface area contributed by atoms with E-state index in [1.807, 2.05) is 24.4 Å². The van der Waals surface area contributed by atoms with Gasteiger partial charge in [-0.3, -0.25) is 14.3 Å². The number of thiophene rings is 1. The standard InChI is InChI=1S/C25H27N3O4S2/c1-17-6-3-8-21(14-17)27-34(31,32)23-15-20(11-10-18(23)2)26-24(29)19-7-4-12-28(16-19)25(30)22-9-5-13-33-22/h3,5-6,8-11,13-15,19,27H,4,7,12,16H2,1-2H3,(H,26,29). The highest BCUT2D eigenvalue weighted by Crippen LogP contribution is 2.26. The summed E-state index contributed by atoms with van der Waals surface area (Å²) in [6.45, 7) is 4.57. The molecule has 178 valence electrons. The Labute approximate surface area is 203 Å². The second kappa shape index (κ2) is 9.99. The fourth-order valence-electron chi connectivity index (χ4n) is 4.06. The van der Waals surface area contributed by atoms with E-state index >= 15 is 0 Å². The molecule has 2 amide bonds. The number of benzene rings is 2. The van der Waals surface area contributed by atoms with Crippen molar-refractivity contribution in [2.75, 3.05) is 23.1 Å². The summed E-state index contributed by atoms with van der Waals surface area (Å²) >= 11 is 1.39. The highest BCUT2D eigenvalue weighted by atomic mass is 32.2. The molecule has 2 heterocycles. The van der Waals surface area contributed by atoms with Crippen LogP contribution >= 0.6 is 11.3 Å². The number of piperidine rings is 1. The minimum atomic E-state index is -3.84. The molecule has 0 spiro atoms. The molecule has 0 saturated carbocycles. The lowest BCUT2D eigenvalue weighted by Gasteiger charge is -2.31. The summed E-state index contributed by atoms with van der Waals surface area (Å²) in [6.07, 6.45) is 1.41. The molecule has 0 aliphatic carbocycles. The largest absolute Gasteiger partial charge is 0.337 e. The van der Waals surface area contributed by atoms with Gasteiger partial charge >= 0.3 is 0 Å². The van der Waals surface area contributed by atoms with Crippen LogP contribution in [0.15, 0.2) is 64.9 Å². The first-order valence-corrected chi connectivity index (χ1v) is 13.4. The van der Waals surface area contributed by atoms with E-state index in [1.54, 1.807) is 48.2 Å². The summed E-state index contributed by atoms with van der Waals surface area (Å²) in [7, 11) is -3.84. The maximum absolute atomic E-state index is 13.0. The van der Waals surface area contributed by atoms with Gasteiger partial charge in [0.25, 0.3) is 15.9 Å². The van der Waals surface area contributed by atoms with Gasteiger partial charge in [0.05, 0.1) is 15.7 Å². The lowest BCUT2D eigenvalue weighted by molar-refractivity contribution is -0.121. The number of amides is 2. The molecule has 2 aromatic carbocycles. The van der Waals surface area contributed by atoms with E-state index in [-0.39, 0.29) is 22.6 Å². The third-order valence-electron chi connectivity index (χ3n) is 5.83. The summed E-state index contributed by atoms with van der Waals surface area (Å²) in [6, 6.07) is 15.6. The number of hydrogen-bond acceptors (Lipinski definition) is 5. The van der Waals surface area contributed by atoms with Gasteiger partial charge in [-0.2, -0.15) is 0 Å². The normalized spacial score (nSPS) is 16.2.